The van der Waals surface area contributed by atoms with Gasteiger partial charge in [-0.3, -0.25) is 4.79 Å². The molecule has 0 aliphatic heterocycles. The van der Waals surface area contributed by atoms with E-state index in [1.165, 1.54) is 0 Å². The van der Waals surface area contributed by atoms with E-state index in [4.69, 9.17) is 10.5 Å². The van der Waals surface area contributed by atoms with Crippen molar-refractivity contribution < 1.29 is 17.9 Å². The molecule has 1 atom stereocenters. The Morgan fingerprint density at radius 2 is 1.86 bits per heavy atom. The molecule has 0 spiro atoms. The predicted octanol–water partition coefficient (Wildman–Crippen LogP) is -0.180. The normalized spacial score (nSPS) is 13.7. The summed E-state index contributed by atoms with van der Waals surface area (Å²) in [6.45, 7) is 7.88. The fraction of sp³-hybridized carbons (Fsp3) is 0.923. The predicted molar refractivity (Wildman–Crippen MR) is 83.3 cm³/mol. The molecule has 0 radical (unpaired) electrons. The number of hydrogen-bond donors (Lipinski definition) is 3. The standard InChI is InChI=1S/C13H29N3O4S/c1-10(2)7-12(8-14)16-13(17)9-15-21(18,19)6-5-20-11(3)4/h10-12,15H,5-9,14H2,1-4H3,(H,16,17). The second-order valence-corrected chi connectivity index (χ2v) is 7.62. The van der Waals surface area contributed by atoms with Crippen molar-refractivity contribution >= 4 is 15.9 Å². The first-order valence-electron chi connectivity index (χ1n) is 7.24. The van der Waals surface area contributed by atoms with Gasteiger partial charge in [0, 0.05) is 12.6 Å². The van der Waals surface area contributed by atoms with E-state index < -0.39 is 10.0 Å². The third-order valence-electron chi connectivity index (χ3n) is 2.66. The molecule has 0 aliphatic rings. The fourth-order valence-corrected chi connectivity index (χ4v) is 2.51. The minimum atomic E-state index is -3.50. The van der Waals surface area contributed by atoms with Crippen LogP contribution >= 0.6 is 0 Å². The number of carbonyl (C=O) groups excluding carboxylic acids is 1. The average molecular weight is 323 g/mol. The SMILES string of the molecule is CC(C)CC(CN)NC(=O)CNS(=O)(=O)CCOC(C)C. The first kappa shape index (κ1) is 20.3. The molecule has 1 unspecified atom stereocenters. The smallest absolute Gasteiger partial charge is 0.235 e. The zero-order valence-corrected chi connectivity index (χ0v) is 14.2. The van der Waals surface area contributed by atoms with Crippen LogP contribution in [0.15, 0.2) is 0 Å². The maximum absolute atomic E-state index is 11.7. The van der Waals surface area contributed by atoms with Crippen molar-refractivity contribution in [1.82, 2.24) is 10.0 Å². The van der Waals surface area contributed by atoms with Gasteiger partial charge >= 0.3 is 0 Å². The van der Waals surface area contributed by atoms with E-state index in [0.29, 0.717) is 12.5 Å². The first-order valence-corrected chi connectivity index (χ1v) is 8.90. The Balaban J connectivity index is 4.10. The number of carbonyl (C=O) groups is 1. The van der Waals surface area contributed by atoms with Gasteiger partial charge in [0.1, 0.15) is 0 Å². The Kier molecular flexibility index (Phi) is 9.76. The summed E-state index contributed by atoms with van der Waals surface area (Å²) >= 11 is 0. The Morgan fingerprint density at radius 3 is 2.33 bits per heavy atom. The molecule has 0 saturated heterocycles. The van der Waals surface area contributed by atoms with E-state index in [9.17, 15) is 13.2 Å². The van der Waals surface area contributed by atoms with Gasteiger partial charge in [-0.25, -0.2) is 13.1 Å². The number of sulfonamides is 1. The average Bonchev–Trinajstić information content (AvgIpc) is 2.34. The van der Waals surface area contributed by atoms with Crippen LogP contribution in [0.25, 0.3) is 0 Å². The summed E-state index contributed by atoms with van der Waals surface area (Å²) in [6.07, 6.45) is 0.738. The summed E-state index contributed by atoms with van der Waals surface area (Å²) in [5.74, 6) is -0.131. The van der Waals surface area contributed by atoms with Gasteiger partial charge in [0.25, 0.3) is 0 Å². The van der Waals surface area contributed by atoms with Crippen LogP contribution in [-0.2, 0) is 19.6 Å². The molecule has 0 bridgehead atoms. The van der Waals surface area contributed by atoms with Gasteiger partial charge in [-0.05, 0) is 26.2 Å². The summed E-state index contributed by atoms with van der Waals surface area (Å²) in [4.78, 5) is 11.7. The minimum Gasteiger partial charge on any atom is -0.378 e. The maximum atomic E-state index is 11.7. The molecular formula is C13H29N3O4S. The minimum absolute atomic E-state index is 0.0233. The van der Waals surface area contributed by atoms with E-state index >= 15 is 0 Å². The lowest BCUT2D eigenvalue weighted by molar-refractivity contribution is -0.120. The molecule has 8 heteroatoms. The van der Waals surface area contributed by atoms with Crippen LogP contribution in [0.1, 0.15) is 34.1 Å². The summed E-state index contributed by atoms with van der Waals surface area (Å²) in [5.41, 5.74) is 5.58. The molecular weight excluding hydrogens is 294 g/mol. The van der Waals surface area contributed by atoms with Crippen molar-refractivity contribution in [1.29, 1.82) is 0 Å². The largest absolute Gasteiger partial charge is 0.378 e. The van der Waals surface area contributed by atoms with Crippen LogP contribution in [0.3, 0.4) is 0 Å². The molecule has 4 N–H and O–H groups in total. The molecule has 0 heterocycles. The Bertz CT molecular complexity index is 396. The molecule has 0 fully saturated rings. The first-order chi connectivity index (χ1) is 9.66. The summed E-state index contributed by atoms with van der Waals surface area (Å²) in [7, 11) is -3.50. The lowest BCUT2D eigenvalue weighted by Gasteiger charge is -2.19. The van der Waals surface area contributed by atoms with Crippen LogP contribution in [0.5, 0.6) is 0 Å². The van der Waals surface area contributed by atoms with E-state index in [2.05, 4.69) is 10.0 Å². The lowest BCUT2D eigenvalue weighted by Crippen LogP contribution is -2.46. The van der Waals surface area contributed by atoms with Crippen molar-refractivity contribution in [2.24, 2.45) is 11.7 Å². The molecule has 7 nitrogen and oxygen atoms in total. The highest BCUT2D eigenvalue weighted by Gasteiger charge is 2.16. The molecule has 0 saturated carbocycles. The Morgan fingerprint density at radius 1 is 1.24 bits per heavy atom. The van der Waals surface area contributed by atoms with Crippen LogP contribution < -0.4 is 15.8 Å². The number of nitrogens with one attached hydrogen (secondary N) is 2. The van der Waals surface area contributed by atoms with E-state index in [1.54, 1.807) is 0 Å². The molecule has 126 valence electrons. The third-order valence-corrected chi connectivity index (χ3v) is 3.95. The van der Waals surface area contributed by atoms with E-state index in [1.807, 2.05) is 27.7 Å². The zero-order valence-electron chi connectivity index (χ0n) is 13.4. The molecule has 0 aromatic heterocycles. The monoisotopic (exact) mass is 323 g/mol. The molecule has 0 aromatic carbocycles. The highest BCUT2D eigenvalue weighted by molar-refractivity contribution is 7.89. The third kappa shape index (κ3) is 11.6. The summed E-state index contributed by atoms with van der Waals surface area (Å²) < 4.78 is 30.7. The topological polar surface area (TPSA) is 111 Å². The van der Waals surface area contributed by atoms with Crippen LogP contribution in [0.2, 0.25) is 0 Å². The molecule has 0 aliphatic carbocycles. The summed E-state index contributed by atoms with van der Waals surface area (Å²) in [5, 5.41) is 2.72. The maximum Gasteiger partial charge on any atom is 0.235 e. The Labute approximate surface area is 128 Å². The second-order valence-electron chi connectivity index (χ2n) is 5.69. The molecule has 21 heavy (non-hydrogen) atoms. The fourth-order valence-electron chi connectivity index (χ4n) is 1.70. The van der Waals surface area contributed by atoms with Gasteiger partial charge < -0.3 is 15.8 Å². The lowest BCUT2D eigenvalue weighted by atomic mass is 10.0. The number of rotatable bonds is 11. The summed E-state index contributed by atoms with van der Waals surface area (Å²) in [6, 6.07) is -0.133. The van der Waals surface area contributed by atoms with E-state index in [-0.39, 0.29) is 37.0 Å². The molecule has 0 aromatic rings. The van der Waals surface area contributed by atoms with Crippen LogP contribution in [0, 0.1) is 5.92 Å². The van der Waals surface area contributed by atoms with Gasteiger partial charge in [-0.15, -0.1) is 0 Å². The van der Waals surface area contributed by atoms with E-state index in [0.717, 1.165) is 6.42 Å². The van der Waals surface area contributed by atoms with Crippen LogP contribution in [0.4, 0.5) is 0 Å². The second kappa shape index (κ2) is 10.1. The number of hydrogen-bond acceptors (Lipinski definition) is 5. The van der Waals surface area contributed by atoms with Crippen molar-refractivity contribution in [3.8, 4) is 0 Å². The van der Waals surface area contributed by atoms with Gasteiger partial charge in [-0.1, -0.05) is 13.8 Å². The zero-order chi connectivity index (χ0) is 16.5. The highest BCUT2D eigenvalue weighted by atomic mass is 32.2. The van der Waals surface area contributed by atoms with Gasteiger partial charge in [0.05, 0.1) is 25.0 Å². The highest BCUT2D eigenvalue weighted by Crippen LogP contribution is 2.03. The van der Waals surface area contributed by atoms with Crippen molar-refractivity contribution in [2.45, 2.75) is 46.3 Å². The van der Waals surface area contributed by atoms with Crippen molar-refractivity contribution in [2.75, 3.05) is 25.4 Å². The van der Waals surface area contributed by atoms with Crippen molar-refractivity contribution in [3.63, 3.8) is 0 Å². The number of amides is 1. The van der Waals surface area contributed by atoms with Gasteiger partial charge in [0.15, 0.2) is 0 Å². The number of ether oxygens (including phenoxy) is 1. The van der Waals surface area contributed by atoms with Crippen LogP contribution in [-0.4, -0.2) is 51.9 Å². The Hall–Kier alpha value is -0.700. The molecule has 0 rings (SSSR count). The quantitative estimate of drug-likeness (QED) is 0.488. The van der Waals surface area contributed by atoms with Crippen molar-refractivity contribution in [3.05, 3.63) is 0 Å². The van der Waals surface area contributed by atoms with Gasteiger partial charge in [-0.2, -0.15) is 0 Å². The van der Waals surface area contributed by atoms with Gasteiger partial charge in [0.2, 0.25) is 15.9 Å². The molecule has 1 amide bonds. The number of nitrogens with two attached hydrogens (primary N) is 1.